The minimum Gasteiger partial charge on any atom is -0.487 e. The van der Waals surface area contributed by atoms with E-state index in [2.05, 4.69) is 29.1 Å². The number of carbonyl (C=O) groups excluding carboxylic acids is 1. The van der Waals surface area contributed by atoms with Crippen LogP contribution in [-0.2, 0) is 6.61 Å². The smallest absolute Gasteiger partial charge is 0.255 e. The van der Waals surface area contributed by atoms with Crippen LogP contribution in [0.2, 0.25) is 0 Å². The Morgan fingerprint density at radius 3 is 2.58 bits per heavy atom. The number of carbonyl (C=O) groups is 1. The van der Waals surface area contributed by atoms with Crippen LogP contribution >= 0.6 is 0 Å². The van der Waals surface area contributed by atoms with Gasteiger partial charge in [0.2, 0.25) is 0 Å². The molecule has 0 atom stereocenters. The number of hydrogen-bond donors (Lipinski definition) is 1. The number of imidazole rings is 1. The third-order valence-electron chi connectivity index (χ3n) is 4.99. The van der Waals surface area contributed by atoms with Crippen LogP contribution in [0.3, 0.4) is 0 Å². The van der Waals surface area contributed by atoms with Crippen LogP contribution in [-0.4, -0.2) is 20.3 Å². The Morgan fingerprint density at radius 1 is 1.13 bits per heavy atom. The number of amides is 1. The van der Waals surface area contributed by atoms with Crippen LogP contribution in [0.4, 0.5) is 10.1 Å². The molecule has 158 valence electrons. The van der Waals surface area contributed by atoms with Gasteiger partial charge in [-0.3, -0.25) is 9.78 Å². The largest absolute Gasteiger partial charge is 0.487 e. The molecule has 6 nitrogen and oxygen atoms in total. The van der Waals surface area contributed by atoms with Gasteiger partial charge in [-0.25, -0.2) is 9.37 Å². The first-order valence-electron chi connectivity index (χ1n) is 10.0. The van der Waals surface area contributed by atoms with Gasteiger partial charge >= 0.3 is 0 Å². The van der Waals surface area contributed by atoms with Gasteiger partial charge in [0.25, 0.3) is 5.91 Å². The van der Waals surface area contributed by atoms with Gasteiger partial charge in [0.05, 0.1) is 23.3 Å². The van der Waals surface area contributed by atoms with E-state index in [0.29, 0.717) is 28.6 Å². The second kappa shape index (κ2) is 8.55. The Balaban J connectivity index is 1.42. The van der Waals surface area contributed by atoms with E-state index in [1.807, 2.05) is 29.7 Å². The molecule has 0 aliphatic carbocycles. The molecule has 0 bridgehead atoms. The first-order chi connectivity index (χ1) is 14.9. The standard InChI is InChI=1S/C24H23FN4O2/c1-15(2)23-16(3)29-13-19(8-11-22(29)28-23)27-24(30)17-4-9-21(10-5-17)31-14-20-7-6-18(25)12-26-20/h4-13,15H,14H2,1-3H3,(H,27,30). The van der Waals surface area contributed by atoms with Gasteiger partial charge in [-0.05, 0) is 61.4 Å². The van der Waals surface area contributed by atoms with Gasteiger partial charge in [-0.15, -0.1) is 0 Å². The molecule has 7 heteroatoms. The number of ether oxygens (including phenoxy) is 1. The maximum Gasteiger partial charge on any atom is 0.255 e. The highest BCUT2D eigenvalue weighted by Gasteiger charge is 2.13. The number of benzene rings is 1. The molecular formula is C24H23FN4O2. The van der Waals surface area contributed by atoms with E-state index < -0.39 is 0 Å². The van der Waals surface area contributed by atoms with Crippen LogP contribution in [0, 0.1) is 12.7 Å². The molecule has 0 aliphatic heterocycles. The van der Waals surface area contributed by atoms with Crippen molar-refractivity contribution in [3.63, 3.8) is 0 Å². The third kappa shape index (κ3) is 4.55. The number of rotatable bonds is 6. The van der Waals surface area contributed by atoms with Crippen molar-refractivity contribution < 1.29 is 13.9 Å². The van der Waals surface area contributed by atoms with Crippen molar-refractivity contribution in [2.75, 3.05) is 5.32 Å². The number of halogens is 1. The van der Waals surface area contributed by atoms with E-state index >= 15 is 0 Å². The quantitative estimate of drug-likeness (QED) is 0.471. The molecule has 3 aromatic heterocycles. The lowest BCUT2D eigenvalue weighted by Gasteiger charge is -2.09. The third-order valence-corrected chi connectivity index (χ3v) is 4.99. The minimum atomic E-state index is -0.387. The van der Waals surface area contributed by atoms with Crippen LogP contribution < -0.4 is 10.1 Å². The normalized spacial score (nSPS) is 11.1. The second-order valence-electron chi connectivity index (χ2n) is 7.62. The minimum absolute atomic E-state index is 0.215. The molecule has 31 heavy (non-hydrogen) atoms. The highest BCUT2D eigenvalue weighted by atomic mass is 19.1. The molecule has 0 spiro atoms. The second-order valence-corrected chi connectivity index (χ2v) is 7.62. The number of anilines is 1. The summed E-state index contributed by atoms with van der Waals surface area (Å²) in [5, 5.41) is 2.92. The first-order valence-corrected chi connectivity index (χ1v) is 10.0. The van der Waals surface area contributed by atoms with E-state index in [4.69, 9.17) is 4.74 Å². The van der Waals surface area contributed by atoms with Gasteiger partial charge in [-0.1, -0.05) is 13.8 Å². The van der Waals surface area contributed by atoms with Crippen molar-refractivity contribution in [3.8, 4) is 5.75 Å². The van der Waals surface area contributed by atoms with Crippen LogP contribution in [0.25, 0.3) is 5.65 Å². The fraction of sp³-hybridized carbons (Fsp3) is 0.208. The summed E-state index contributed by atoms with van der Waals surface area (Å²) in [6.45, 7) is 6.47. The van der Waals surface area contributed by atoms with Crippen LogP contribution in [0.15, 0.2) is 60.9 Å². The Bertz CT molecular complexity index is 1220. The first kappa shape index (κ1) is 20.5. The number of hydrogen-bond acceptors (Lipinski definition) is 4. The molecule has 3 heterocycles. The fourth-order valence-corrected chi connectivity index (χ4v) is 3.36. The van der Waals surface area contributed by atoms with Gasteiger partial charge in [0.15, 0.2) is 0 Å². The van der Waals surface area contributed by atoms with Gasteiger partial charge in [0, 0.05) is 17.5 Å². The average Bonchev–Trinajstić information content (AvgIpc) is 3.10. The average molecular weight is 418 g/mol. The molecule has 1 aromatic carbocycles. The van der Waals surface area contributed by atoms with Crippen molar-refractivity contribution in [2.45, 2.75) is 33.3 Å². The predicted octanol–water partition coefficient (Wildman–Crippen LogP) is 5.13. The van der Waals surface area contributed by atoms with E-state index in [-0.39, 0.29) is 18.3 Å². The maximum absolute atomic E-state index is 12.9. The lowest BCUT2D eigenvalue weighted by molar-refractivity contribution is 0.102. The zero-order valence-electron chi connectivity index (χ0n) is 17.6. The molecule has 1 amide bonds. The molecule has 4 rings (SSSR count). The monoisotopic (exact) mass is 418 g/mol. The molecule has 0 saturated carbocycles. The fourth-order valence-electron chi connectivity index (χ4n) is 3.36. The molecule has 1 N–H and O–H groups in total. The Kier molecular flexibility index (Phi) is 5.66. The van der Waals surface area contributed by atoms with Gasteiger partial charge in [0.1, 0.15) is 23.8 Å². The highest BCUT2D eigenvalue weighted by Crippen LogP contribution is 2.22. The topological polar surface area (TPSA) is 68.5 Å². The van der Waals surface area contributed by atoms with E-state index in [9.17, 15) is 9.18 Å². The van der Waals surface area contributed by atoms with Crippen molar-refractivity contribution >= 4 is 17.2 Å². The Morgan fingerprint density at radius 2 is 1.90 bits per heavy atom. The Labute approximate surface area is 179 Å². The maximum atomic E-state index is 12.9. The molecule has 0 aliphatic rings. The lowest BCUT2D eigenvalue weighted by Crippen LogP contribution is -2.12. The van der Waals surface area contributed by atoms with Crippen LogP contribution in [0.5, 0.6) is 5.75 Å². The summed E-state index contributed by atoms with van der Waals surface area (Å²) in [5.74, 6) is 0.326. The van der Waals surface area contributed by atoms with Gasteiger partial charge in [-0.2, -0.15) is 0 Å². The van der Waals surface area contributed by atoms with E-state index in [1.54, 1.807) is 30.3 Å². The number of nitrogens with one attached hydrogen (secondary N) is 1. The highest BCUT2D eigenvalue weighted by molar-refractivity contribution is 6.04. The SMILES string of the molecule is Cc1c(C(C)C)nc2ccc(NC(=O)c3ccc(OCc4ccc(F)cn4)cc3)cn12. The number of aryl methyl sites for hydroxylation is 1. The molecule has 4 aromatic rings. The van der Waals surface area contributed by atoms with E-state index in [1.165, 1.54) is 6.07 Å². The lowest BCUT2D eigenvalue weighted by atomic mass is 10.1. The molecule has 0 radical (unpaired) electrons. The van der Waals surface area contributed by atoms with Crippen molar-refractivity contribution in [3.05, 3.63) is 89.4 Å². The molecule has 0 unspecified atom stereocenters. The summed E-state index contributed by atoms with van der Waals surface area (Å²) in [6.07, 6.45) is 3.03. The van der Waals surface area contributed by atoms with Gasteiger partial charge < -0.3 is 14.5 Å². The summed E-state index contributed by atoms with van der Waals surface area (Å²) in [6, 6.07) is 13.5. The zero-order chi connectivity index (χ0) is 22.0. The molecule has 0 fully saturated rings. The molecular weight excluding hydrogens is 395 g/mol. The number of nitrogens with zero attached hydrogens (tertiary/aromatic N) is 3. The number of fused-ring (bicyclic) bond motifs is 1. The van der Waals surface area contributed by atoms with Crippen molar-refractivity contribution in [1.82, 2.24) is 14.4 Å². The predicted molar refractivity (Wildman–Crippen MR) is 117 cm³/mol. The summed E-state index contributed by atoms with van der Waals surface area (Å²) in [7, 11) is 0. The summed E-state index contributed by atoms with van der Waals surface area (Å²) < 4.78 is 20.5. The summed E-state index contributed by atoms with van der Waals surface area (Å²) in [4.78, 5) is 21.3. The summed E-state index contributed by atoms with van der Waals surface area (Å²) >= 11 is 0. The van der Waals surface area contributed by atoms with Crippen molar-refractivity contribution in [1.29, 1.82) is 0 Å². The Hall–Kier alpha value is -3.74. The molecule has 0 saturated heterocycles. The zero-order valence-corrected chi connectivity index (χ0v) is 17.6. The van der Waals surface area contributed by atoms with Crippen LogP contribution in [0.1, 0.15) is 47.2 Å². The summed E-state index contributed by atoms with van der Waals surface area (Å²) in [5.41, 5.74) is 4.80. The van der Waals surface area contributed by atoms with Crippen molar-refractivity contribution in [2.24, 2.45) is 0 Å². The van der Waals surface area contributed by atoms with E-state index in [0.717, 1.165) is 23.2 Å². The number of aromatic nitrogens is 3. The number of pyridine rings is 2.